The Morgan fingerprint density at radius 1 is 1.16 bits per heavy atom. The molecule has 1 amide bonds. The zero-order valence-corrected chi connectivity index (χ0v) is 18.5. The molecule has 3 heterocycles. The molecule has 1 aromatic carbocycles. The first-order valence-corrected chi connectivity index (χ1v) is 10.6. The van der Waals surface area contributed by atoms with Gasteiger partial charge in [-0.15, -0.1) is 0 Å². The van der Waals surface area contributed by atoms with Crippen LogP contribution in [0.2, 0.25) is 0 Å². The third kappa shape index (κ3) is 5.04. The molecule has 0 saturated carbocycles. The largest absolute Gasteiger partial charge is 0.444 e. The summed E-state index contributed by atoms with van der Waals surface area (Å²) in [7, 11) is 0. The first-order valence-electron chi connectivity index (χ1n) is 10.6. The lowest BCUT2D eigenvalue weighted by molar-refractivity contribution is 0.0497. The summed E-state index contributed by atoms with van der Waals surface area (Å²) in [5, 5.41) is 7.27. The highest BCUT2D eigenvalue weighted by Gasteiger charge is 2.25. The van der Waals surface area contributed by atoms with E-state index in [9.17, 15) is 9.18 Å². The Labute approximate surface area is 186 Å². The van der Waals surface area contributed by atoms with Crippen molar-refractivity contribution in [3.8, 4) is 16.9 Å². The molecule has 0 atom stereocenters. The molecule has 9 heteroatoms. The fraction of sp³-hybridized carbons (Fsp3) is 0.391. The molecule has 1 aliphatic rings. The summed E-state index contributed by atoms with van der Waals surface area (Å²) >= 11 is 0. The number of anilines is 1. The molecular formula is C23H27FN6O2. The average molecular weight is 439 g/mol. The zero-order valence-electron chi connectivity index (χ0n) is 18.5. The van der Waals surface area contributed by atoms with Gasteiger partial charge in [-0.1, -0.05) is 12.1 Å². The normalized spacial score (nSPS) is 14.9. The monoisotopic (exact) mass is 438 g/mol. The second-order valence-corrected chi connectivity index (χ2v) is 8.79. The molecule has 0 radical (unpaired) electrons. The van der Waals surface area contributed by atoms with Gasteiger partial charge < -0.3 is 15.0 Å². The van der Waals surface area contributed by atoms with Crippen LogP contribution in [0.4, 0.5) is 14.9 Å². The molecule has 1 fully saturated rings. The molecule has 1 aliphatic heterocycles. The molecule has 3 aromatic rings. The van der Waals surface area contributed by atoms with E-state index in [1.165, 1.54) is 17.1 Å². The number of halogens is 1. The van der Waals surface area contributed by atoms with E-state index in [0.717, 1.165) is 42.9 Å². The summed E-state index contributed by atoms with van der Waals surface area (Å²) < 4.78 is 21.0. The molecule has 168 valence electrons. The van der Waals surface area contributed by atoms with Crippen molar-refractivity contribution in [2.75, 3.05) is 18.0 Å². The van der Waals surface area contributed by atoms with Gasteiger partial charge in [-0.25, -0.2) is 23.8 Å². The van der Waals surface area contributed by atoms with E-state index in [2.05, 4.69) is 25.3 Å². The molecular weight excluding hydrogens is 411 g/mol. The summed E-state index contributed by atoms with van der Waals surface area (Å²) in [6.45, 7) is 7.02. The Balaban J connectivity index is 1.46. The standard InChI is InChI=1S/C23H27FN6O2/c1-23(2,3)32-22(31)28-17-8-10-29(11-9-17)20-13-25-15-26-21(20)16-12-27-30(14-16)19-7-5-4-6-18(19)24/h4-7,12-15,17H,8-11H2,1-3H3,(H,28,31). The number of hydrogen-bond donors (Lipinski definition) is 1. The van der Waals surface area contributed by atoms with Gasteiger partial charge in [0.25, 0.3) is 0 Å². The van der Waals surface area contributed by atoms with Gasteiger partial charge in [-0.05, 0) is 45.7 Å². The Morgan fingerprint density at radius 3 is 2.62 bits per heavy atom. The van der Waals surface area contributed by atoms with Gasteiger partial charge in [-0.3, -0.25) is 0 Å². The first kappa shape index (κ1) is 21.7. The van der Waals surface area contributed by atoms with Crippen molar-refractivity contribution in [1.82, 2.24) is 25.1 Å². The van der Waals surface area contributed by atoms with E-state index in [0.29, 0.717) is 5.69 Å². The maximum Gasteiger partial charge on any atom is 0.407 e. The van der Waals surface area contributed by atoms with Gasteiger partial charge in [0.05, 0.1) is 18.1 Å². The molecule has 0 spiro atoms. The van der Waals surface area contributed by atoms with Crippen molar-refractivity contribution in [2.45, 2.75) is 45.3 Å². The second kappa shape index (κ2) is 8.94. The van der Waals surface area contributed by atoms with Gasteiger partial charge in [-0.2, -0.15) is 5.10 Å². The predicted octanol–water partition coefficient (Wildman–Crippen LogP) is 3.96. The quantitative estimate of drug-likeness (QED) is 0.664. The number of piperidine rings is 1. The van der Waals surface area contributed by atoms with Crippen LogP contribution in [0.3, 0.4) is 0 Å². The lowest BCUT2D eigenvalue weighted by Gasteiger charge is -2.34. The molecule has 1 N–H and O–H groups in total. The van der Waals surface area contributed by atoms with Crippen molar-refractivity contribution < 1.29 is 13.9 Å². The van der Waals surface area contributed by atoms with E-state index in [4.69, 9.17) is 4.74 Å². The number of carbonyl (C=O) groups excluding carboxylic acids is 1. The molecule has 0 aliphatic carbocycles. The lowest BCUT2D eigenvalue weighted by atomic mass is 10.0. The molecule has 0 unspecified atom stereocenters. The van der Waals surface area contributed by atoms with Gasteiger partial charge >= 0.3 is 6.09 Å². The number of carbonyl (C=O) groups is 1. The van der Waals surface area contributed by atoms with Gasteiger partial charge in [0.1, 0.15) is 29.1 Å². The Kier molecular flexibility index (Phi) is 6.07. The highest BCUT2D eigenvalue weighted by atomic mass is 19.1. The van der Waals surface area contributed by atoms with E-state index < -0.39 is 5.60 Å². The Hall–Kier alpha value is -3.49. The molecule has 1 saturated heterocycles. The van der Waals surface area contributed by atoms with E-state index in [1.54, 1.807) is 36.8 Å². The van der Waals surface area contributed by atoms with Crippen LogP contribution in [0.25, 0.3) is 16.9 Å². The number of rotatable bonds is 4. The first-order chi connectivity index (χ1) is 15.3. The van der Waals surface area contributed by atoms with E-state index >= 15 is 0 Å². The number of nitrogens with one attached hydrogen (secondary N) is 1. The van der Waals surface area contributed by atoms with Crippen molar-refractivity contribution >= 4 is 11.8 Å². The van der Waals surface area contributed by atoms with Gasteiger partial charge in [0, 0.05) is 30.9 Å². The fourth-order valence-electron chi connectivity index (χ4n) is 3.73. The number of para-hydroxylation sites is 1. The SMILES string of the molecule is CC(C)(C)OC(=O)NC1CCN(c2cncnc2-c2cnn(-c3ccccc3F)c2)CC1. The summed E-state index contributed by atoms with van der Waals surface area (Å²) in [4.78, 5) is 22.9. The lowest BCUT2D eigenvalue weighted by Crippen LogP contribution is -2.46. The number of nitrogens with zero attached hydrogens (tertiary/aromatic N) is 5. The second-order valence-electron chi connectivity index (χ2n) is 8.79. The minimum Gasteiger partial charge on any atom is -0.444 e. The molecule has 2 aromatic heterocycles. The van der Waals surface area contributed by atoms with Crippen LogP contribution in [0.5, 0.6) is 0 Å². The highest BCUT2D eigenvalue weighted by Crippen LogP contribution is 2.30. The third-order valence-corrected chi connectivity index (χ3v) is 5.20. The number of aromatic nitrogens is 4. The average Bonchev–Trinajstić information content (AvgIpc) is 3.23. The van der Waals surface area contributed by atoms with Crippen molar-refractivity contribution in [2.24, 2.45) is 0 Å². The topological polar surface area (TPSA) is 85.2 Å². The minimum absolute atomic E-state index is 0.0537. The molecule has 32 heavy (non-hydrogen) atoms. The van der Waals surface area contributed by atoms with Crippen LogP contribution < -0.4 is 10.2 Å². The predicted molar refractivity (Wildman–Crippen MR) is 119 cm³/mol. The van der Waals surface area contributed by atoms with Gasteiger partial charge in [0.15, 0.2) is 0 Å². The zero-order chi connectivity index (χ0) is 22.7. The van der Waals surface area contributed by atoms with Crippen LogP contribution in [0, 0.1) is 5.82 Å². The number of amides is 1. The summed E-state index contributed by atoms with van der Waals surface area (Å²) in [6.07, 6.45) is 7.89. The van der Waals surface area contributed by atoms with Crippen LogP contribution in [-0.2, 0) is 4.74 Å². The summed E-state index contributed by atoms with van der Waals surface area (Å²) in [6, 6.07) is 6.55. The number of alkyl carbamates (subject to hydrolysis) is 1. The number of benzene rings is 1. The molecule has 4 rings (SSSR count). The molecule has 8 nitrogen and oxygen atoms in total. The van der Waals surface area contributed by atoms with Crippen LogP contribution in [0.15, 0.2) is 49.2 Å². The van der Waals surface area contributed by atoms with Crippen LogP contribution >= 0.6 is 0 Å². The van der Waals surface area contributed by atoms with Crippen molar-refractivity contribution in [3.05, 3.63) is 55.0 Å². The number of ether oxygens (including phenoxy) is 1. The Morgan fingerprint density at radius 2 is 1.91 bits per heavy atom. The summed E-state index contributed by atoms with van der Waals surface area (Å²) in [5.74, 6) is -0.343. The number of hydrogen-bond acceptors (Lipinski definition) is 6. The summed E-state index contributed by atoms with van der Waals surface area (Å²) in [5.41, 5.74) is 2.26. The van der Waals surface area contributed by atoms with E-state index in [1.807, 2.05) is 20.8 Å². The highest BCUT2D eigenvalue weighted by molar-refractivity contribution is 5.74. The van der Waals surface area contributed by atoms with E-state index in [-0.39, 0.29) is 18.0 Å². The smallest absolute Gasteiger partial charge is 0.407 e. The van der Waals surface area contributed by atoms with Gasteiger partial charge in [0.2, 0.25) is 0 Å². The van der Waals surface area contributed by atoms with Crippen LogP contribution in [-0.4, -0.2) is 50.6 Å². The maximum atomic E-state index is 14.1. The minimum atomic E-state index is -0.520. The van der Waals surface area contributed by atoms with Crippen molar-refractivity contribution in [1.29, 1.82) is 0 Å². The third-order valence-electron chi connectivity index (χ3n) is 5.20. The Bertz CT molecular complexity index is 1090. The maximum absolute atomic E-state index is 14.1. The van der Waals surface area contributed by atoms with Crippen molar-refractivity contribution in [3.63, 3.8) is 0 Å². The molecule has 0 bridgehead atoms. The fourth-order valence-corrected chi connectivity index (χ4v) is 3.73. The van der Waals surface area contributed by atoms with Crippen LogP contribution in [0.1, 0.15) is 33.6 Å².